The van der Waals surface area contributed by atoms with Gasteiger partial charge in [0.2, 0.25) is 10.0 Å². The van der Waals surface area contributed by atoms with Crippen LogP contribution in [0.25, 0.3) is 0 Å². The van der Waals surface area contributed by atoms with Gasteiger partial charge in [-0.25, -0.2) is 17.9 Å². The number of carbonyl (C=O) groups is 1. The number of hydrogen-bond acceptors (Lipinski definition) is 4. The number of hydrogen-bond donors (Lipinski definition) is 2. The van der Waals surface area contributed by atoms with E-state index in [0.717, 1.165) is 25.0 Å². The summed E-state index contributed by atoms with van der Waals surface area (Å²) in [4.78, 5) is 11.1. The molecular weight excluding hydrogens is 323 g/mol. The predicted octanol–water partition coefficient (Wildman–Crippen LogP) is 1.04. The second-order valence-electron chi connectivity index (χ2n) is 4.66. The summed E-state index contributed by atoms with van der Waals surface area (Å²) in [6, 6.07) is 1.92. The average molecular weight is 337 g/mol. The number of amides is 1. The minimum atomic E-state index is -4.31. The molecule has 1 heterocycles. The Balaban J connectivity index is 2.22. The van der Waals surface area contributed by atoms with Crippen LogP contribution in [0, 0.1) is 5.82 Å². The molecule has 1 unspecified atom stereocenters. The van der Waals surface area contributed by atoms with Crippen molar-refractivity contribution in [1.82, 2.24) is 5.32 Å². The van der Waals surface area contributed by atoms with E-state index in [4.69, 9.17) is 21.5 Å². The van der Waals surface area contributed by atoms with E-state index in [1.807, 2.05) is 0 Å². The number of nitrogens with two attached hydrogens (primary N) is 1. The molecule has 1 aliphatic rings. The van der Waals surface area contributed by atoms with Gasteiger partial charge in [0.1, 0.15) is 4.90 Å². The molecule has 0 radical (unpaired) electrons. The minimum absolute atomic E-state index is 0.0947. The number of ether oxygens (including phenoxy) is 1. The second kappa shape index (κ2) is 6.27. The molecule has 0 aromatic heterocycles. The van der Waals surface area contributed by atoms with Crippen LogP contribution < -0.4 is 10.5 Å². The number of carbonyl (C=O) groups excluding carboxylic acids is 1. The van der Waals surface area contributed by atoms with Crippen LogP contribution in [0.2, 0.25) is 5.02 Å². The lowest BCUT2D eigenvalue weighted by Crippen LogP contribution is -2.32. The third kappa shape index (κ3) is 3.91. The topological polar surface area (TPSA) is 98.5 Å². The first-order valence-corrected chi connectivity index (χ1v) is 8.13. The van der Waals surface area contributed by atoms with Crippen molar-refractivity contribution >= 4 is 27.5 Å². The highest BCUT2D eigenvalue weighted by atomic mass is 35.5. The van der Waals surface area contributed by atoms with Crippen molar-refractivity contribution in [3.05, 3.63) is 28.5 Å². The van der Waals surface area contributed by atoms with E-state index in [2.05, 4.69) is 5.32 Å². The van der Waals surface area contributed by atoms with Crippen LogP contribution in [0.15, 0.2) is 17.0 Å². The van der Waals surface area contributed by atoms with Crippen LogP contribution in [0.1, 0.15) is 23.2 Å². The quantitative estimate of drug-likeness (QED) is 0.858. The summed E-state index contributed by atoms with van der Waals surface area (Å²) in [6.07, 6.45) is 1.59. The molecule has 1 fully saturated rings. The molecule has 1 amide bonds. The fourth-order valence-corrected chi connectivity index (χ4v) is 2.98. The molecule has 1 atom stereocenters. The maximum absolute atomic E-state index is 14.1. The van der Waals surface area contributed by atoms with Crippen LogP contribution in [0.3, 0.4) is 0 Å². The van der Waals surface area contributed by atoms with Gasteiger partial charge < -0.3 is 10.1 Å². The fraction of sp³-hybridized carbons (Fsp3) is 0.417. The Morgan fingerprint density at radius 2 is 2.24 bits per heavy atom. The summed E-state index contributed by atoms with van der Waals surface area (Å²) in [6.45, 7) is 0.844. The summed E-state index contributed by atoms with van der Waals surface area (Å²) in [5.41, 5.74) is -0.468. The van der Waals surface area contributed by atoms with E-state index in [0.29, 0.717) is 6.61 Å². The second-order valence-corrected chi connectivity index (χ2v) is 6.62. The molecule has 1 saturated heterocycles. The maximum Gasteiger partial charge on any atom is 0.254 e. The molecule has 2 rings (SSSR count). The first-order chi connectivity index (χ1) is 9.79. The molecule has 0 saturated carbocycles. The zero-order chi connectivity index (χ0) is 15.6. The Bertz CT molecular complexity index is 659. The Kier molecular flexibility index (Phi) is 4.82. The molecule has 0 bridgehead atoms. The summed E-state index contributed by atoms with van der Waals surface area (Å²) in [5.74, 6) is -1.98. The van der Waals surface area contributed by atoms with Gasteiger partial charge in [0, 0.05) is 18.2 Å². The number of sulfonamides is 1. The Hall–Kier alpha value is -1.22. The molecule has 0 aliphatic carbocycles. The zero-order valence-electron chi connectivity index (χ0n) is 10.9. The Labute approximate surface area is 126 Å². The van der Waals surface area contributed by atoms with E-state index < -0.39 is 32.2 Å². The van der Waals surface area contributed by atoms with Gasteiger partial charge in [0.15, 0.2) is 5.82 Å². The molecule has 21 heavy (non-hydrogen) atoms. The maximum atomic E-state index is 14.1. The molecule has 3 N–H and O–H groups in total. The summed E-state index contributed by atoms with van der Waals surface area (Å²) in [5, 5.41) is 7.29. The van der Waals surface area contributed by atoms with Crippen LogP contribution in [0.5, 0.6) is 0 Å². The number of nitrogens with one attached hydrogen (secondary N) is 1. The van der Waals surface area contributed by atoms with Gasteiger partial charge in [-0.1, -0.05) is 11.6 Å². The van der Waals surface area contributed by atoms with E-state index in [1.165, 1.54) is 0 Å². The number of halogens is 2. The molecule has 1 aliphatic heterocycles. The molecule has 116 valence electrons. The van der Waals surface area contributed by atoms with Gasteiger partial charge >= 0.3 is 0 Å². The smallest absolute Gasteiger partial charge is 0.254 e. The van der Waals surface area contributed by atoms with Crippen molar-refractivity contribution < 1.29 is 22.3 Å². The van der Waals surface area contributed by atoms with Gasteiger partial charge in [-0.2, -0.15) is 0 Å². The molecule has 9 heteroatoms. The molecule has 6 nitrogen and oxygen atoms in total. The van der Waals surface area contributed by atoms with E-state index in [9.17, 15) is 17.6 Å². The van der Waals surface area contributed by atoms with Crippen molar-refractivity contribution in [3.8, 4) is 0 Å². The standard InChI is InChI=1S/C12H14ClFN2O4S/c13-7-4-9(11(14)10(5-7)21(15,18)19)12(17)16-6-8-2-1-3-20-8/h4-5,8H,1-3,6H2,(H,16,17)(H2,15,18,19). The first-order valence-electron chi connectivity index (χ1n) is 6.20. The van der Waals surface area contributed by atoms with E-state index in [-0.39, 0.29) is 17.7 Å². The van der Waals surface area contributed by atoms with Gasteiger partial charge in [-0.05, 0) is 25.0 Å². The highest BCUT2D eigenvalue weighted by Gasteiger charge is 2.24. The van der Waals surface area contributed by atoms with Crippen molar-refractivity contribution in [1.29, 1.82) is 0 Å². The Morgan fingerprint density at radius 3 is 2.81 bits per heavy atom. The lowest BCUT2D eigenvalue weighted by Gasteiger charge is -2.12. The monoisotopic (exact) mass is 336 g/mol. The largest absolute Gasteiger partial charge is 0.376 e. The summed E-state index contributed by atoms with van der Waals surface area (Å²) < 4.78 is 42.0. The highest BCUT2D eigenvalue weighted by molar-refractivity contribution is 7.89. The van der Waals surface area contributed by atoms with Gasteiger partial charge in [0.05, 0.1) is 11.7 Å². The number of rotatable bonds is 4. The fourth-order valence-electron chi connectivity index (χ4n) is 2.04. The van der Waals surface area contributed by atoms with Gasteiger partial charge in [0.25, 0.3) is 5.91 Å². The molecular formula is C12H14ClFN2O4S. The van der Waals surface area contributed by atoms with Gasteiger partial charge in [-0.15, -0.1) is 0 Å². The lowest BCUT2D eigenvalue weighted by molar-refractivity contribution is 0.0854. The van der Waals surface area contributed by atoms with Crippen LogP contribution in [-0.4, -0.2) is 33.6 Å². The van der Waals surface area contributed by atoms with Crippen molar-refractivity contribution in [2.75, 3.05) is 13.2 Å². The SMILES string of the molecule is NS(=O)(=O)c1cc(Cl)cc(C(=O)NCC2CCCO2)c1F. The molecule has 0 spiro atoms. The van der Waals surface area contributed by atoms with E-state index in [1.54, 1.807) is 0 Å². The summed E-state index contributed by atoms with van der Waals surface area (Å²) >= 11 is 5.71. The van der Waals surface area contributed by atoms with Crippen molar-refractivity contribution in [3.63, 3.8) is 0 Å². The van der Waals surface area contributed by atoms with Crippen LogP contribution in [0.4, 0.5) is 4.39 Å². The van der Waals surface area contributed by atoms with Crippen molar-refractivity contribution in [2.45, 2.75) is 23.8 Å². The van der Waals surface area contributed by atoms with Crippen LogP contribution >= 0.6 is 11.6 Å². The molecule has 1 aromatic carbocycles. The first kappa shape index (κ1) is 16.2. The number of primary sulfonamides is 1. The molecule has 1 aromatic rings. The zero-order valence-corrected chi connectivity index (χ0v) is 12.5. The minimum Gasteiger partial charge on any atom is -0.376 e. The van der Waals surface area contributed by atoms with E-state index >= 15 is 0 Å². The normalized spacial score (nSPS) is 18.7. The predicted molar refractivity (Wildman–Crippen MR) is 74.1 cm³/mol. The summed E-state index contributed by atoms with van der Waals surface area (Å²) in [7, 11) is -4.31. The van der Waals surface area contributed by atoms with Gasteiger partial charge in [-0.3, -0.25) is 4.79 Å². The van der Waals surface area contributed by atoms with Crippen molar-refractivity contribution in [2.24, 2.45) is 5.14 Å². The Morgan fingerprint density at radius 1 is 1.52 bits per heavy atom. The number of benzene rings is 1. The third-order valence-electron chi connectivity index (χ3n) is 3.07. The third-order valence-corrected chi connectivity index (χ3v) is 4.20. The lowest BCUT2D eigenvalue weighted by atomic mass is 10.2. The average Bonchev–Trinajstić information content (AvgIpc) is 2.90. The van der Waals surface area contributed by atoms with Crippen LogP contribution in [-0.2, 0) is 14.8 Å². The highest BCUT2D eigenvalue weighted by Crippen LogP contribution is 2.23.